The maximum atomic E-state index is 12.8. The van der Waals surface area contributed by atoms with Gasteiger partial charge in [0.1, 0.15) is 0 Å². The molecule has 2 fully saturated rings. The number of carbonyl (C=O) groups is 1. The Morgan fingerprint density at radius 3 is 2.74 bits per heavy atom. The van der Waals surface area contributed by atoms with Crippen LogP contribution in [0.15, 0.2) is 53.7 Å². The van der Waals surface area contributed by atoms with E-state index < -0.39 is 10.0 Å². The topological polar surface area (TPSA) is 112 Å². The van der Waals surface area contributed by atoms with Gasteiger partial charge in [-0.25, -0.2) is 17.9 Å². The summed E-state index contributed by atoms with van der Waals surface area (Å²) in [5.74, 6) is 0.548. The number of fused-ring (bicyclic) bond motifs is 1. The first kappa shape index (κ1) is 21.7. The Balaban J connectivity index is 1.30. The molecule has 0 bridgehead atoms. The van der Waals surface area contributed by atoms with Crippen molar-refractivity contribution in [3.05, 3.63) is 54.4 Å². The highest BCUT2D eigenvalue weighted by molar-refractivity contribution is 7.89. The highest BCUT2D eigenvalue weighted by Gasteiger charge is 2.33. The van der Waals surface area contributed by atoms with Gasteiger partial charge in [-0.15, -0.1) is 0 Å². The number of pyridine rings is 1. The van der Waals surface area contributed by atoms with Gasteiger partial charge in [0.15, 0.2) is 0 Å². The second-order valence-electron chi connectivity index (χ2n) is 8.29. The predicted octanol–water partition coefficient (Wildman–Crippen LogP) is 2.60. The maximum absolute atomic E-state index is 12.8. The van der Waals surface area contributed by atoms with E-state index in [-0.39, 0.29) is 17.0 Å². The van der Waals surface area contributed by atoms with Crippen molar-refractivity contribution >= 4 is 21.7 Å². The summed E-state index contributed by atoms with van der Waals surface area (Å²) in [5.41, 5.74) is 1.42. The van der Waals surface area contributed by atoms with Crippen molar-refractivity contribution in [3.8, 4) is 0 Å². The number of sulfonamides is 1. The van der Waals surface area contributed by atoms with Crippen LogP contribution in [0, 0.1) is 5.92 Å². The van der Waals surface area contributed by atoms with Crippen molar-refractivity contribution in [1.29, 1.82) is 0 Å². The lowest BCUT2D eigenvalue weighted by Crippen LogP contribution is -2.49. The third-order valence-corrected chi connectivity index (χ3v) is 7.60. The quantitative estimate of drug-likeness (QED) is 0.548. The Hall–Kier alpha value is -2.49. The summed E-state index contributed by atoms with van der Waals surface area (Å²) in [7, 11) is -3.59. The Bertz CT molecular complexity index is 982. The molecule has 166 valence electrons. The maximum Gasteiger partial charge on any atom is 0.319 e. The number of amides is 2. The predicted molar refractivity (Wildman–Crippen MR) is 119 cm³/mol. The van der Waals surface area contributed by atoms with Crippen molar-refractivity contribution in [2.45, 2.75) is 55.6 Å². The third-order valence-electron chi connectivity index (χ3n) is 6.06. The summed E-state index contributed by atoms with van der Waals surface area (Å²) in [6.07, 6.45) is 8.42. The zero-order valence-electron chi connectivity index (χ0n) is 17.4. The van der Waals surface area contributed by atoms with Crippen molar-refractivity contribution in [1.82, 2.24) is 20.3 Å². The molecule has 8 nitrogen and oxygen atoms in total. The second kappa shape index (κ2) is 9.76. The first-order valence-corrected chi connectivity index (χ1v) is 12.3. The Labute approximate surface area is 183 Å². The van der Waals surface area contributed by atoms with E-state index in [0.29, 0.717) is 24.2 Å². The molecule has 2 aromatic rings. The molecule has 2 heterocycles. The fourth-order valence-electron chi connectivity index (χ4n) is 4.48. The van der Waals surface area contributed by atoms with Gasteiger partial charge >= 0.3 is 6.03 Å². The van der Waals surface area contributed by atoms with Crippen LogP contribution in [0.2, 0.25) is 0 Å². The minimum Gasteiger partial charge on any atom is -0.334 e. The van der Waals surface area contributed by atoms with Crippen LogP contribution in [0.4, 0.5) is 10.5 Å². The Morgan fingerprint density at radius 2 is 1.97 bits per heavy atom. The molecular weight excluding hydrogens is 414 g/mol. The van der Waals surface area contributed by atoms with E-state index in [4.69, 9.17) is 0 Å². The molecule has 4 rings (SSSR count). The van der Waals surface area contributed by atoms with Crippen LogP contribution in [0.3, 0.4) is 0 Å². The highest BCUT2D eigenvalue weighted by atomic mass is 32.2. The molecule has 9 heteroatoms. The first-order chi connectivity index (χ1) is 15.0. The van der Waals surface area contributed by atoms with Crippen LogP contribution in [0.5, 0.6) is 0 Å². The molecule has 1 aliphatic carbocycles. The van der Waals surface area contributed by atoms with Gasteiger partial charge in [0.2, 0.25) is 10.0 Å². The summed E-state index contributed by atoms with van der Waals surface area (Å²) in [6, 6.07) is 10.1. The zero-order valence-corrected chi connectivity index (χ0v) is 18.2. The van der Waals surface area contributed by atoms with E-state index in [1.54, 1.807) is 30.6 Å². The van der Waals surface area contributed by atoms with Crippen molar-refractivity contribution in [2.24, 2.45) is 5.92 Å². The third kappa shape index (κ3) is 5.81. The van der Waals surface area contributed by atoms with E-state index in [2.05, 4.69) is 25.7 Å². The molecule has 1 saturated carbocycles. The van der Waals surface area contributed by atoms with Crippen molar-refractivity contribution < 1.29 is 13.2 Å². The second-order valence-corrected chi connectivity index (χ2v) is 10.0. The smallest absolute Gasteiger partial charge is 0.319 e. The number of hydrogen-bond donors (Lipinski definition) is 4. The SMILES string of the molecule is O=C(NCc1cccnc1)Nc1ccc(S(=O)(=O)NC2CCC3NCCCC3C2)cc1. The summed E-state index contributed by atoms with van der Waals surface area (Å²) in [6.45, 7) is 1.42. The molecule has 3 unspecified atom stereocenters. The Morgan fingerprint density at radius 1 is 1.13 bits per heavy atom. The fraction of sp³-hybridized carbons (Fsp3) is 0.455. The number of urea groups is 1. The fourth-order valence-corrected chi connectivity index (χ4v) is 5.76. The number of rotatable bonds is 6. The van der Waals surface area contributed by atoms with Crippen LogP contribution in [0.1, 0.15) is 37.7 Å². The molecule has 1 aromatic heterocycles. The standard InChI is InChI=1S/C22H29N5O3S/c28-22(25-15-16-3-1-11-23-14-16)26-18-5-8-20(9-6-18)31(29,30)27-19-7-10-21-17(13-19)4-2-12-24-21/h1,3,5-6,8-9,11,14,17,19,21,24,27H,2,4,7,10,12-13,15H2,(H2,25,26,28). The first-order valence-electron chi connectivity index (χ1n) is 10.8. The molecule has 3 atom stereocenters. The highest BCUT2D eigenvalue weighted by Crippen LogP contribution is 2.31. The molecule has 2 amide bonds. The van der Waals surface area contributed by atoms with E-state index in [1.807, 2.05) is 6.07 Å². The summed E-state index contributed by atoms with van der Waals surface area (Å²) >= 11 is 0. The average Bonchev–Trinajstić information content (AvgIpc) is 2.78. The monoisotopic (exact) mass is 443 g/mol. The van der Waals surface area contributed by atoms with Gasteiger partial charge in [-0.3, -0.25) is 4.98 Å². The molecule has 0 spiro atoms. The number of nitrogens with one attached hydrogen (secondary N) is 4. The summed E-state index contributed by atoms with van der Waals surface area (Å²) < 4.78 is 28.5. The van der Waals surface area contributed by atoms with Crippen LogP contribution < -0.4 is 20.7 Å². The number of hydrogen-bond acceptors (Lipinski definition) is 5. The Kier molecular flexibility index (Phi) is 6.84. The van der Waals surface area contributed by atoms with Crippen LogP contribution >= 0.6 is 0 Å². The largest absolute Gasteiger partial charge is 0.334 e. The molecule has 2 aliphatic rings. The number of carbonyl (C=O) groups excluding carboxylic acids is 1. The van der Waals surface area contributed by atoms with Gasteiger partial charge in [0, 0.05) is 36.7 Å². The lowest BCUT2D eigenvalue weighted by molar-refractivity contribution is 0.189. The van der Waals surface area contributed by atoms with Crippen LogP contribution in [-0.4, -0.2) is 38.1 Å². The molecular formula is C22H29N5O3S. The number of benzene rings is 1. The van der Waals surface area contributed by atoms with Crippen LogP contribution in [0.25, 0.3) is 0 Å². The zero-order chi connectivity index (χ0) is 21.7. The molecule has 1 aliphatic heterocycles. The van der Waals surface area contributed by atoms with E-state index in [9.17, 15) is 13.2 Å². The average molecular weight is 444 g/mol. The minimum atomic E-state index is -3.59. The van der Waals surface area contributed by atoms with Crippen LogP contribution in [-0.2, 0) is 16.6 Å². The van der Waals surface area contributed by atoms with E-state index >= 15 is 0 Å². The lowest BCUT2D eigenvalue weighted by atomic mass is 9.77. The molecule has 31 heavy (non-hydrogen) atoms. The molecule has 0 radical (unpaired) electrons. The van der Waals surface area contributed by atoms with Gasteiger partial charge in [-0.05, 0) is 80.5 Å². The van der Waals surface area contributed by atoms with Gasteiger partial charge < -0.3 is 16.0 Å². The van der Waals surface area contributed by atoms with E-state index in [1.165, 1.54) is 18.6 Å². The number of nitrogens with zero attached hydrogens (tertiary/aromatic N) is 1. The van der Waals surface area contributed by atoms with Crippen molar-refractivity contribution in [3.63, 3.8) is 0 Å². The van der Waals surface area contributed by atoms with Gasteiger partial charge in [-0.1, -0.05) is 6.07 Å². The number of anilines is 1. The normalized spacial score (nSPS) is 23.5. The van der Waals surface area contributed by atoms with Gasteiger partial charge in [-0.2, -0.15) is 0 Å². The number of piperidine rings is 1. The molecule has 4 N–H and O–H groups in total. The number of aromatic nitrogens is 1. The molecule has 1 aromatic carbocycles. The minimum absolute atomic E-state index is 0.0257. The van der Waals surface area contributed by atoms with Gasteiger partial charge in [0.25, 0.3) is 0 Å². The van der Waals surface area contributed by atoms with Crippen molar-refractivity contribution in [2.75, 3.05) is 11.9 Å². The summed E-state index contributed by atoms with van der Waals surface area (Å²) in [5, 5.41) is 9.01. The summed E-state index contributed by atoms with van der Waals surface area (Å²) in [4.78, 5) is 16.3. The molecule has 1 saturated heterocycles. The lowest BCUT2D eigenvalue weighted by Gasteiger charge is -2.40. The van der Waals surface area contributed by atoms with Gasteiger partial charge in [0.05, 0.1) is 4.90 Å². The van der Waals surface area contributed by atoms with E-state index in [0.717, 1.165) is 37.8 Å².